The molecule has 0 aromatic rings. The summed E-state index contributed by atoms with van der Waals surface area (Å²) in [6.07, 6.45) is 4.71. The molecule has 1 aliphatic rings. The second-order valence-corrected chi connectivity index (χ2v) is 3.62. The third-order valence-electron chi connectivity index (χ3n) is 2.71. The van der Waals surface area contributed by atoms with Crippen molar-refractivity contribution in [3.63, 3.8) is 0 Å². The zero-order chi connectivity index (χ0) is 9.14. The first-order chi connectivity index (χ1) is 5.63. The second-order valence-electron chi connectivity index (χ2n) is 3.62. The summed E-state index contributed by atoms with van der Waals surface area (Å²) in [4.78, 5) is 0. The second kappa shape index (κ2) is 3.88. The smallest absolute Gasteiger partial charge is 0.1000 e. The van der Waals surface area contributed by atoms with Gasteiger partial charge in [0.1, 0.15) is 0 Å². The fourth-order valence-corrected chi connectivity index (χ4v) is 1.77. The van der Waals surface area contributed by atoms with Gasteiger partial charge in [-0.15, -0.1) is 0 Å². The maximum atomic E-state index is 12.9. The van der Waals surface area contributed by atoms with Gasteiger partial charge in [-0.05, 0) is 57.6 Å². The van der Waals surface area contributed by atoms with Gasteiger partial charge in [0.2, 0.25) is 0 Å². The van der Waals surface area contributed by atoms with Crippen LogP contribution in [-0.4, -0.2) is 0 Å². The molecule has 0 unspecified atom stereocenters. The predicted octanol–water partition coefficient (Wildman–Crippen LogP) is 4.14. The first kappa shape index (κ1) is 9.50. The first-order valence-corrected chi connectivity index (χ1v) is 4.65. The van der Waals surface area contributed by atoms with Gasteiger partial charge in [-0.25, -0.2) is 4.39 Å². The molecule has 1 aliphatic carbocycles. The summed E-state index contributed by atoms with van der Waals surface area (Å²) in [5.41, 5.74) is 3.52. The lowest BCUT2D eigenvalue weighted by Gasteiger charge is -2.18. The van der Waals surface area contributed by atoms with Crippen molar-refractivity contribution in [2.75, 3.05) is 0 Å². The van der Waals surface area contributed by atoms with Crippen molar-refractivity contribution in [2.45, 2.75) is 46.5 Å². The average Bonchev–Trinajstić information content (AvgIpc) is 2.04. The van der Waals surface area contributed by atoms with Crippen molar-refractivity contribution >= 4 is 0 Å². The van der Waals surface area contributed by atoms with Crippen LogP contribution >= 0.6 is 0 Å². The molecule has 0 atom stereocenters. The Morgan fingerprint density at radius 2 is 1.75 bits per heavy atom. The predicted molar refractivity (Wildman–Crippen MR) is 50.7 cm³/mol. The molecule has 0 saturated carbocycles. The molecule has 1 rings (SSSR count). The maximum Gasteiger partial charge on any atom is 0.1000 e. The monoisotopic (exact) mass is 168 g/mol. The van der Waals surface area contributed by atoms with Gasteiger partial charge in [-0.3, -0.25) is 0 Å². The summed E-state index contributed by atoms with van der Waals surface area (Å²) in [5.74, 6) is -0.0220. The van der Waals surface area contributed by atoms with Crippen LogP contribution in [0.4, 0.5) is 4.39 Å². The largest absolute Gasteiger partial charge is 0.212 e. The zero-order valence-electron chi connectivity index (χ0n) is 8.21. The Balaban J connectivity index is 2.93. The van der Waals surface area contributed by atoms with Gasteiger partial charge in [0.15, 0.2) is 0 Å². The molecule has 0 saturated heterocycles. The van der Waals surface area contributed by atoms with Gasteiger partial charge in [0.05, 0.1) is 5.83 Å². The lowest BCUT2D eigenvalue weighted by atomic mass is 9.88. The third-order valence-corrected chi connectivity index (χ3v) is 2.71. The molecule has 0 aromatic heterocycles. The van der Waals surface area contributed by atoms with Crippen LogP contribution in [0.3, 0.4) is 0 Å². The van der Waals surface area contributed by atoms with Crippen LogP contribution in [0.5, 0.6) is 0 Å². The van der Waals surface area contributed by atoms with Crippen molar-refractivity contribution < 1.29 is 4.39 Å². The molecule has 68 valence electrons. The highest BCUT2D eigenvalue weighted by atomic mass is 19.1. The highest BCUT2D eigenvalue weighted by molar-refractivity contribution is 5.35. The van der Waals surface area contributed by atoms with Gasteiger partial charge in [0.25, 0.3) is 0 Å². The standard InChI is InChI=1S/C11H17F/c1-8-6-4-5-7-11(8)9(2)10(3)12/h4-7H2,1-3H3/b10-9+. The fraction of sp³-hybridized carbons (Fsp3) is 0.636. The number of halogens is 1. The summed E-state index contributed by atoms with van der Waals surface area (Å²) < 4.78 is 12.9. The number of rotatable bonds is 1. The van der Waals surface area contributed by atoms with Gasteiger partial charge in [-0.1, -0.05) is 5.57 Å². The van der Waals surface area contributed by atoms with Crippen molar-refractivity contribution in [3.8, 4) is 0 Å². The number of allylic oxidation sites excluding steroid dienone is 4. The van der Waals surface area contributed by atoms with E-state index in [1.165, 1.54) is 24.0 Å². The highest BCUT2D eigenvalue weighted by Crippen LogP contribution is 2.30. The maximum absolute atomic E-state index is 12.9. The SMILES string of the molecule is CC1=C(/C(C)=C(\C)F)CCCC1. The lowest BCUT2D eigenvalue weighted by Crippen LogP contribution is -1.99. The molecule has 0 aromatic carbocycles. The van der Waals surface area contributed by atoms with E-state index in [2.05, 4.69) is 6.92 Å². The van der Waals surface area contributed by atoms with Crippen LogP contribution in [0.2, 0.25) is 0 Å². The van der Waals surface area contributed by atoms with E-state index >= 15 is 0 Å². The van der Waals surface area contributed by atoms with Crippen molar-refractivity contribution in [3.05, 3.63) is 22.5 Å². The number of hydrogen-bond donors (Lipinski definition) is 0. The van der Waals surface area contributed by atoms with Crippen molar-refractivity contribution in [1.29, 1.82) is 0 Å². The minimum Gasteiger partial charge on any atom is -0.212 e. The van der Waals surface area contributed by atoms with E-state index in [1.54, 1.807) is 6.92 Å². The summed E-state index contributed by atoms with van der Waals surface area (Å²) >= 11 is 0. The molecule has 0 nitrogen and oxygen atoms in total. The van der Waals surface area contributed by atoms with E-state index in [4.69, 9.17) is 0 Å². The van der Waals surface area contributed by atoms with E-state index in [0.717, 1.165) is 18.4 Å². The van der Waals surface area contributed by atoms with Gasteiger partial charge < -0.3 is 0 Å². The molecule has 0 fully saturated rings. The van der Waals surface area contributed by atoms with Gasteiger partial charge in [0, 0.05) is 0 Å². The molecule has 12 heavy (non-hydrogen) atoms. The third kappa shape index (κ3) is 1.96. The average molecular weight is 168 g/mol. The summed E-state index contributed by atoms with van der Waals surface area (Å²) in [6, 6.07) is 0. The van der Waals surface area contributed by atoms with Crippen molar-refractivity contribution in [1.82, 2.24) is 0 Å². The van der Waals surface area contributed by atoms with Gasteiger partial charge >= 0.3 is 0 Å². The summed E-state index contributed by atoms with van der Waals surface area (Å²) in [7, 11) is 0. The quantitative estimate of drug-likeness (QED) is 0.552. The van der Waals surface area contributed by atoms with E-state index in [1.807, 2.05) is 6.92 Å². The minimum absolute atomic E-state index is 0.0220. The van der Waals surface area contributed by atoms with E-state index in [9.17, 15) is 4.39 Å². The topological polar surface area (TPSA) is 0 Å². The molecule has 0 aliphatic heterocycles. The van der Waals surface area contributed by atoms with Crippen LogP contribution in [-0.2, 0) is 0 Å². The Bertz CT molecular complexity index is 229. The first-order valence-electron chi connectivity index (χ1n) is 4.65. The van der Waals surface area contributed by atoms with Crippen LogP contribution < -0.4 is 0 Å². The highest BCUT2D eigenvalue weighted by Gasteiger charge is 2.11. The Morgan fingerprint density at radius 1 is 1.17 bits per heavy atom. The Morgan fingerprint density at radius 3 is 2.25 bits per heavy atom. The molecular weight excluding hydrogens is 151 g/mol. The van der Waals surface area contributed by atoms with E-state index in [-0.39, 0.29) is 5.83 Å². The molecule has 0 spiro atoms. The molecular formula is C11H17F. The molecule has 1 heteroatoms. The van der Waals surface area contributed by atoms with Crippen LogP contribution in [0.1, 0.15) is 46.5 Å². The minimum atomic E-state index is -0.0220. The van der Waals surface area contributed by atoms with E-state index in [0.29, 0.717) is 0 Å². The molecule has 0 N–H and O–H groups in total. The van der Waals surface area contributed by atoms with Crippen LogP contribution in [0.25, 0.3) is 0 Å². The fourth-order valence-electron chi connectivity index (χ4n) is 1.77. The molecule has 0 radical (unpaired) electrons. The molecule has 0 heterocycles. The Labute approximate surface area is 74.2 Å². The van der Waals surface area contributed by atoms with Crippen LogP contribution in [0.15, 0.2) is 22.5 Å². The van der Waals surface area contributed by atoms with Crippen LogP contribution in [0, 0.1) is 0 Å². The number of hydrogen-bond acceptors (Lipinski definition) is 0. The Hall–Kier alpha value is -0.590. The van der Waals surface area contributed by atoms with Crippen molar-refractivity contribution in [2.24, 2.45) is 0 Å². The summed E-state index contributed by atoms with van der Waals surface area (Å²) in [6.45, 7) is 5.56. The molecule has 0 bridgehead atoms. The molecule has 0 amide bonds. The van der Waals surface area contributed by atoms with Gasteiger partial charge in [-0.2, -0.15) is 0 Å². The van der Waals surface area contributed by atoms with E-state index < -0.39 is 0 Å². The lowest BCUT2D eigenvalue weighted by molar-refractivity contribution is 0.616. The zero-order valence-corrected chi connectivity index (χ0v) is 8.21. The normalized spacial score (nSPS) is 21.0. The summed E-state index contributed by atoms with van der Waals surface area (Å²) in [5, 5.41) is 0. The Kier molecular flexibility index (Phi) is 3.07.